The molecule has 0 atom stereocenters. The summed E-state index contributed by atoms with van der Waals surface area (Å²) in [6.45, 7) is 8.18. The molecule has 0 unspecified atom stereocenters. The molecule has 1 N–H and O–H groups in total. The van der Waals surface area contributed by atoms with Crippen molar-refractivity contribution >= 4 is 21.5 Å². The Labute approximate surface area is 110 Å². The van der Waals surface area contributed by atoms with Crippen LogP contribution in [-0.4, -0.2) is 5.11 Å². The largest absolute Gasteiger partial charge is 0.507 e. The zero-order valence-corrected chi connectivity index (χ0v) is 11.5. The van der Waals surface area contributed by atoms with Crippen LogP contribution in [0, 0.1) is 5.92 Å². The lowest BCUT2D eigenvalue weighted by Gasteiger charge is -2.21. The summed E-state index contributed by atoms with van der Waals surface area (Å²) in [5.74, 6) is 2.04. The second kappa shape index (κ2) is 4.57. The molecule has 0 aliphatic carbocycles. The van der Waals surface area contributed by atoms with Crippen molar-refractivity contribution in [2.45, 2.75) is 20.3 Å². The molecule has 1 aromatic carbocycles. The molecule has 0 bridgehead atoms. The third-order valence-corrected chi connectivity index (χ3v) is 3.23. The molecule has 0 radical (unpaired) electrons. The highest BCUT2D eigenvalue weighted by atomic mass is 79.9. The average Bonchev–Trinajstić information content (AvgIpc) is 2.20. The third kappa shape index (κ3) is 2.55. The molecule has 90 valence electrons. The van der Waals surface area contributed by atoms with E-state index in [1.165, 1.54) is 5.57 Å². The van der Waals surface area contributed by atoms with Gasteiger partial charge in [-0.05, 0) is 46.0 Å². The molecule has 0 fully saturated rings. The van der Waals surface area contributed by atoms with E-state index in [-0.39, 0.29) is 5.75 Å². The first-order chi connectivity index (χ1) is 7.97. The van der Waals surface area contributed by atoms with E-state index in [9.17, 15) is 5.11 Å². The van der Waals surface area contributed by atoms with Crippen LogP contribution < -0.4 is 4.74 Å². The summed E-state index contributed by atoms with van der Waals surface area (Å²) in [5.41, 5.74) is 2.22. The van der Waals surface area contributed by atoms with Gasteiger partial charge in [0.2, 0.25) is 0 Å². The highest BCUT2D eigenvalue weighted by Crippen LogP contribution is 2.41. The van der Waals surface area contributed by atoms with E-state index in [1.54, 1.807) is 6.07 Å². The van der Waals surface area contributed by atoms with E-state index in [2.05, 4.69) is 36.4 Å². The van der Waals surface area contributed by atoms with Crippen molar-refractivity contribution in [1.82, 2.24) is 0 Å². The first-order valence-electron chi connectivity index (χ1n) is 5.57. The Morgan fingerprint density at radius 1 is 1.41 bits per heavy atom. The molecule has 0 saturated heterocycles. The normalized spacial score (nSPS) is 14.4. The molecule has 0 saturated carbocycles. The first-order valence-corrected chi connectivity index (χ1v) is 6.37. The Morgan fingerprint density at radius 3 is 2.76 bits per heavy atom. The van der Waals surface area contributed by atoms with Gasteiger partial charge < -0.3 is 9.84 Å². The molecule has 2 nitrogen and oxygen atoms in total. The lowest BCUT2D eigenvalue weighted by molar-refractivity contribution is 0.427. The van der Waals surface area contributed by atoms with Gasteiger partial charge >= 0.3 is 0 Å². The van der Waals surface area contributed by atoms with Gasteiger partial charge in [-0.2, -0.15) is 0 Å². The summed E-state index contributed by atoms with van der Waals surface area (Å²) in [5, 5.41) is 9.65. The highest BCUT2D eigenvalue weighted by molar-refractivity contribution is 9.10. The number of hydrogen-bond acceptors (Lipinski definition) is 2. The molecule has 1 aromatic rings. The maximum atomic E-state index is 9.65. The van der Waals surface area contributed by atoms with Crippen LogP contribution in [0.25, 0.3) is 5.57 Å². The molecule has 0 spiro atoms. The molecule has 1 aliphatic rings. The molecular formula is C14H15BrO2. The van der Waals surface area contributed by atoms with Gasteiger partial charge in [0, 0.05) is 11.6 Å². The second-order valence-corrected chi connectivity index (χ2v) is 5.49. The number of fused-ring (bicyclic) bond motifs is 1. The number of halogens is 1. The zero-order valence-electron chi connectivity index (χ0n) is 9.96. The van der Waals surface area contributed by atoms with Crippen LogP contribution in [0.1, 0.15) is 25.8 Å². The molecule has 1 aliphatic heterocycles. The van der Waals surface area contributed by atoms with Crippen LogP contribution in [0.5, 0.6) is 11.5 Å². The van der Waals surface area contributed by atoms with Gasteiger partial charge in [0.25, 0.3) is 0 Å². The molecule has 0 aromatic heterocycles. The first kappa shape index (κ1) is 12.2. The number of rotatable bonds is 2. The number of benzene rings is 1. The van der Waals surface area contributed by atoms with E-state index in [4.69, 9.17) is 4.74 Å². The van der Waals surface area contributed by atoms with Crippen LogP contribution in [0.2, 0.25) is 0 Å². The van der Waals surface area contributed by atoms with Gasteiger partial charge in [-0.15, -0.1) is 0 Å². The molecule has 2 rings (SSSR count). The number of ether oxygens (including phenoxy) is 1. The van der Waals surface area contributed by atoms with E-state index in [0.717, 1.165) is 12.0 Å². The van der Waals surface area contributed by atoms with Crippen molar-refractivity contribution in [3.8, 4) is 11.5 Å². The van der Waals surface area contributed by atoms with E-state index >= 15 is 0 Å². The van der Waals surface area contributed by atoms with Crippen molar-refractivity contribution < 1.29 is 9.84 Å². The standard InChI is InChI=1S/C14H15BrO2/c1-8(2)4-10-5-9(3)17-14-7-13(16)12(15)6-11(10)14/h5-8,16H,3-4H2,1-2H3. The molecular weight excluding hydrogens is 280 g/mol. The summed E-state index contributed by atoms with van der Waals surface area (Å²) in [4.78, 5) is 0. The minimum Gasteiger partial charge on any atom is -0.507 e. The van der Waals surface area contributed by atoms with Gasteiger partial charge in [0.05, 0.1) is 4.47 Å². The third-order valence-electron chi connectivity index (χ3n) is 2.60. The fraction of sp³-hybridized carbons (Fsp3) is 0.286. The van der Waals surface area contributed by atoms with Crippen molar-refractivity contribution in [3.05, 3.63) is 40.6 Å². The summed E-state index contributed by atoms with van der Waals surface area (Å²) in [6.07, 6.45) is 2.93. The Kier molecular flexibility index (Phi) is 3.29. The SMILES string of the molecule is C=C1C=C(CC(C)C)c2cc(Br)c(O)cc2O1. The number of phenols is 1. The lowest BCUT2D eigenvalue weighted by atomic mass is 9.93. The van der Waals surface area contributed by atoms with Crippen LogP contribution in [-0.2, 0) is 0 Å². The molecule has 0 amide bonds. The van der Waals surface area contributed by atoms with Crippen molar-refractivity contribution in [3.63, 3.8) is 0 Å². The van der Waals surface area contributed by atoms with Crippen LogP contribution in [0.3, 0.4) is 0 Å². The van der Waals surface area contributed by atoms with Crippen molar-refractivity contribution in [2.75, 3.05) is 0 Å². The molecule has 1 heterocycles. The summed E-state index contributed by atoms with van der Waals surface area (Å²) >= 11 is 3.33. The van der Waals surface area contributed by atoms with E-state index < -0.39 is 0 Å². The van der Waals surface area contributed by atoms with Gasteiger partial charge in [-0.1, -0.05) is 20.4 Å². The summed E-state index contributed by atoms with van der Waals surface area (Å²) in [6, 6.07) is 3.52. The zero-order chi connectivity index (χ0) is 12.6. The fourth-order valence-corrected chi connectivity index (χ4v) is 2.27. The Bertz CT molecular complexity index is 501. The highest BCUT2D eigenvalue weighted by Gasteiger charge is 2.19. The van der Waals surface area contributed by atoms with Gasteiger partial charge in [0.15, 0.2) is 0 Å². The lowest BCUT2D eigenvalue weighted by Crippen LogP contribution is -2.04. The van der Waals surface area contributed by atoms with Crippen molar-refractivity contribution in [2.24, 2.45) is 5.92 Å². The summed E-state index contributed by atoms with van der Waals surface area (Å²) < 4.78 is 6.21. The minimum absolute atomic E-state index is 0.183. The van der Waals surface area contributed by atoms with E-state index in [1.807, 2.05) is 12.1 Å². The maximum absolute atomic E-state index is 9.65. The molecule has 17 heavy (non-hydrogen) atoms. The number of hydrogen-bond donors (Lipinski definition) is 1. The van der Waals surface area contributed by atoms with Crippen LogP contribution in [0.15, 0.2) is 35.0 Å². The Morgan fingerprint density at radius 2 is 2.12 bits per heavy atom. The molecule has 3 heteroatoms. The van der Waals surface area contributed by atoms with Crippen LogP contribution in [0.4, 0.5) is 0 Å². The number of phenolic OH excluding ortho intramolecular Hbond substituents is 1. The Hall–Kier alpha value is -1.22. The predicted octanol–water partition coefficient (Wildman–Crippen LogP) is 4.49. The van der Waals surface area contributed by atoms with Gasteiger partial charge in [-0.25, -0.2) is 0 Å². The number of allylic oxidation sites excluding steroid dienone is 2. The minimum atomic E-state index is 0.183. The second-order valence-electron chi connectivity index (χ2n) is 4.64. The average molecular weight is 295 g/mol. The smallest absolute Gasteiger partial charge is 0.138 e. The van der Waals surface area contributed by atoms with Gasteiger partial charge in [0.1, 0.15) is 17.3 Å². The predicted molar refractivity (Wildman–Crippen MR) is 73.0 cm³/mol. The van der Waals surface area contributed by atoms with Crippen molar-refractivity contribution in [1.29, 1.82) is 0 Å². The van der Waals surface area contributed by atoms with E-state index in [0.29, 0.717) is 21.9 Å². The number of aromatic hydroxyl groups is 1. The quantitative estimate of drug-likeness (QED) is 0.871. The van der Waals surface area contributed by atoms with Gasteiger partial charge in [-0.3, -0.25) is 0 Å². The monoisotopic (exact) mass is 294 g/mol. The maximum Gasteiger partial charge on any atom is 0.138 e. The summed E-state index contributed by atoms with van der Waals surface area (Å²) in [7, 11) is 0. The Balaban J connectivity index is 2.49. The fourth-order valence-electron chi connectivity index (χ4n) is 1.93. The van der Waals surface area contributed by atoms with Crippen LogP contribution >= 0.6 is 15.9 Å². The topological polar surface area (TPSA) is 29.5 Å².